The van der Waals surface area contributed by atoms with Crippen LogP contribution in [0.4, 0.5) is 13.6 Å². The summed E-state index contributed by atoms with van der Waals surface area (Å²) in [7, 11) is -4.77. The lowest BCUT2D eigenvalue weighted by molar-refractivity contribution is -0.123. The number of rotatable bonds is 18. The Bertz CT molecular complexity index is 1340. The number of alkyl halides is 2. The SMILES string of the molecule is CCOP(=O)(OCC)C(F)(F)c1ccc(C[C@H](NC(=O)OCc2ccccc2)C(=O)NCCCCOc2ccccc2)cc1. The minimum Gasteiger partial charge on any atom is -0.494 e. The highest BCUT2D eigenvalue weighted by Gasteiger charge is 2.54. The molecule has 0 unspecified atom stereocenters. The van der Waals surface area contributed by atoms with E-state index in [2.05, 4.69) is 10.6 Å². The maximum atomic E-state index is 15.2. The maximum absolute atomic E-state index is 15.2. The summed E-state index contributed by atoms with van der Waals surface area (Å²) in [5.74, 6) is 0.300. The molecular weight excluding hydrogens is 593 g/mol. The molecule has 0 saturated heterocycles. The van der Waals surface area contributed by atoms with Crippen molar-refractivity contribution in [2.75, 3.05) is 26.4 Å². The average Bonchev–Trinajstić information content (AvgIpc) is 3.02. The highest BCUT2D eigenvalue weighted by Crippen LogP contribution is 2.66. The Balaban J connectivity index is 1.63. The number of halogens is 2. The predicted molar refractivity (Wildman–Crippen MR) is 163 cm³/mol. The zero-order valence-electron chi connectivity index (χ0n) is 24.9. The number of benzene rings is 3. The third-order valence-corrected chi connectivity index (χ3v) is 8.53. The number of unbranched alkanes of at least 4 members (excludes halogenated alkanes) is 1. The predicted octanol–water partition coefficient (Wildman–Crippen LogP) is 6.81. The lowest BCUT2D eigenvalue weighted by atomic mass is 10.0. The second-order valence-electron chi connectivity index (χ2n) is 9.69. The fraction of sp³-hybridized carbons (Fsp3) is 0.375. The van der Waals surface area contributed by atoms with Crippen LogP contribution >= 0.6 is 7.60 Å². The zero-order valence-corrected chi connectivity index (χ0v) is 25.8. The molecule has 0 aliphatic heterocycles. The summed E-state index contributed by atoms with van der Waals surface area (Å²) < 4.78 is 63.8. The summed E-state index contributed by atoms with van der Waals surface area (Å²) in [6.07, 6.45) is 0.509. The van der Waals surface area contributed by atoms with Gasteiger partial charge >= 0.3 is 19.4 Å². The van der Waals surface area contributed by atoms with Crippen molar-refractivity contribution in [3.05, 3.63) is 102 Å². The number of hydrogen-bond acceptors (Lipinski definition) is 7. The highest BCUT2D eigenvalue weighted by molar-refractivity contribution is 7.54. The first-order valence-electron chi connectivity index (χ1n) is 14.5. The maximum Gasteiger partial charge on any atom is 0.408 e. The number of ether oxygens (including phenoxy) is 2. The van der Waals surface area contributed by atoms with Gasteiger partial charge in [0.05, 0.1) is 19.8 Å². The summed E-state index contributed by atoms with van der Waals surface area (Å²) in [6, 6.07) is 22.4. The zero-order chi connectivity index (χ0) is 31.8. The van der Waals surface area contributed by atoms with Gasteiger partial charge in [-0.1, -0.05) is 72.8 Å². The van der Waals surface area contributed by atoms with E-state index in [-0.39, 0.29) is 26.2 Å². The van der Waals surface area contributed by atoms with Gasteiger partial charge in [-0.3, -0.25) is 9.36 Å². The fourth-order valence-electron chi connectivity index (χ4n) is 4.16. The molecule has 0 heterocycles. The van der Waals surface area contributed by atoms with Crippen LogP contribution in [0.2, 0.25) is 0 Å². The molecule has 44 heavy (non-hydrogen) atoms. The molecular formula is C32H39F2N2O7P. The molecule has 0 aromatic heterocycles. The van der Waals surface area contributed by atoms with Crippen molar-refractivity contribution < 1.29 is 41.5 Å². The number of alkyl carbamates (subject to hydrolysis) is 1. The van der Waals surface area contributed by atoms with Crippen molar-refractivity contribution in [1.29, 1.82) is 0 Å². The molecule has 0 spiro atoms. The van der Waals surface area contributed by atoms with Gasteiger partial charge in [-0.25, -0.2) is 4.79 Å². The highest BCUT2D eigenvalue weighted by atomic mass is 31.2. The molecule has 0 radical (unpaired) electrons. The van der Waals surface area contributed by atoms with Crippen LogP contribution in [0.5, 0.6) is 5.75 Å². The normalized spacial score (nSPS) is 12.3. The molecule has 3 rings (SSSR count). The second-order valence-corrected chi connectivity index (χ2v) is 11.8. The molecule has 2 amide bonds. The van der Waals surface area contributed by atoms with Gasteiger partial charge in [-0.15, -0.1) is 0 Å². The topological polar surface area (TPSA) is 112 Å². The van der Waals surface area contributed by atoms with Crippen molar-refractivity contribution in [3.8, 4) is 5.75 Å². The molecule has 2 N–H and O–H groups in total. The number of para-hydroxylation sites is 1. The van der Waals surface area contributed by atoms with Gasteiger partial charge in [-0.05, 0) is 49.9 Å². The molecule has 0 aliphatic carbocycles. The van der Waals surface area contributed by atoms with Crippen molar-refractivity contribution in [3.63, 3.8) is 0 Å². The van der Waals surface area contributed by atoms with Gasteiger partial charge in [0.1, 0.15) is 18.4 Å². The van der Waals surface area contributed by atoms with Crippen LogP contribution in [-0.4, -0.2) is 44.4 Å². The Labute approximate surface area is 256 Å². The van der Waals surface area contributed by atoms with E-state index in [0.717, 1.165) is 23.4 Å². The molecule has 12 heteroatoms. The lowest BCUT2D eigenvalue weighted by Gasteiger charge is -2.26. The monoisotopic (exact) mass is 632 g/mol. The van der Waals surface area contributed by atoms with Gasteiger partial charge in [0.2, 0.25) is 5.91 Å². The summed E-state index contributed by atoms with van der Waals surface area (Å²) in [6.45, 7) is 3.29. The van der Waals surface area contributed by atoms with Gasteiger partial charge < -0.3 is 29.2 Å². The van der Waals surface area contributed by atoms with Gasteiger partial charge in [0.15, 0.2) is 0 Å². The average molecular weight is 633 g/mol. The molecule has 0 fully saturated rings. The van der Waals surface area contributed by atoms with E-state index >= 15 is 8.78 Å². The Kier molecular flexibility index (Phi) is 13.8. The molecule has 1 atom stereocenters. The van der Waals surface area contributed by atoms with Crippen molar-refractivity contribution in [2.24, 2.45) is 0 Å². The minimum atomic E-state index is -4.77. The standard InChI is InChI=1S/C32H39F2N2O7P/c1-3-42-44(39,43-4-2)32(33,34)27-19-17-25(18-20-27)23-29(36-31(38)41-24-26-13-7-5-8-14-26)30(37)35-21-11-12-22-40-28-15-9-6-10-16-28/h5-10,13-20,29H,3-4,11-12,21-24H2,1-2H3,(H,35,37)(H,36,38)/t29-/m0/s1. The van der Waals surface area contributed by atoms with Crippen molar-refractivity contribution >= 4 is 19.6 Å². The molecule has 0 saturated carbocycles. The van der Waals surface area contributed by atoms with E-state index in [0.29, 0.717) is 31.6 Å². The lowest BCUT2D eigenvalue weighted by Crippen LogP contribution is -2.48. The van der Waals surface area contributed by atoms with Crippen LogP contribution in [0.3, 0.4) is 0 Å². The van der Waals surface area contributed by atoms with Crippen LogP contribution in [0.25, 0.3) is 0 Å². The smallest absolute Gasteiger partial charge is 0.408 e. The van der Waals surface area contributed by atoms with E-state index in [1.165, 1.54) is 26.0 Å². The van der Waals surface area contributed by atoms with Crippen LogP contribution in [0, 0.1) is 0 Å². The summed E-state index contributed by atoms with van der Waals surface area (Å²) in [4.78, 5) is 25.7. The van der Waals surface area contributed by atoms with Gasteiger partial charge in [-0.2, -0.15) is 8.78 Å². The Hall–Kier alpha value is -3.79. The van der Waals surface area contributed by atoms with Crippen LogP contribution in [0.1, 0.15) is 43.4 Å². The van der Waals surface area contributed by atoms with E-state index in [9.17, 15) is 14.2 Å². The van der Waals surface area contributed by atoms with E-state index in [1.54, 1.807) is 12.1 Å². The molecule has 3 aromatic rings. The number of carbonyl (C=O) groups is 2. The molecule has 0 bridgehead atoms. The Morgan fingerprint density at radius 1 is 0.841 bits per heavy atom. The van der Waals surface area contributed by atoms with Crippen LogP contribution in [0.15, 0.2) is 84.9 Å². The minimum absolute atomic E-state index is 0.00588. The van der Waals surface area contributed by atoms with Gasteiger partial charge in [0.25, 0.3) is 0 Å². The van der Waals surface area contributed by atoms with Gasteiger partial charge in [0, 0.05) is 18.5 Å². The molecule has 3 aromatic carbocycles. The Morgan fingerprint density at radius 2 is 1.45 bits per heavy atom. The number of amides is 2. The molecule has 238 valence electrons. The van der Waals surface area contributed by atoms with Crippen molar-refractivity contribution in [2.45, 2.75) is 51.4 Å². The first-order valence-corrected chi connectivity index (χ1v) is 16.0. The summed E-state index contributed by atoms with van der Waals surface area (Å²) in [5.41, 5.74) is -3.19. The third-order valence-electron chi connectivity index (χ3n) is 6.39. The van der Waals surface area contributed by atoms with E-state index < -0.39 is 36.9 Å². The number of hydrogen-bond donors (Lipinski definition) is 2. The fourth-order valence-corrected chi connectivity index (χ4v) is 5.70. The third kappa shape index (κ3) is 10.4. The Morgan fingerprint density at radius 3 is 2.07 bits per heavy atom. The summed E-state index contributed by atoms with van der Waals surface area (Å²) >= 11 is 0. The second kappa shape index (κ2) is 17.5. The number of carbonyl (C=O) groups excluding carboxylic acids is 2. The largest absolute Gasteiger partial charge is 0.494 e. The van der Waals surface area contributed by atoms with E-state index in [4.69, 9.17) is 18.5 Å². The number of nitrogens with one attached hydrogen (secondary N) is 2. The first-order chi connectivity index (χ1) is 21.2. The van der Waals surface area contributed by atoms with Crippen LogP contribution < -0.4 is 15.4 Å². The van der Waals surface area contributed by atoms with Crippen molar-refractivity contribution in [1.82, 2.24) is 10.6 Å². The summed E-state index contributed by atoms with van der Waals surface area (Å²) in [5, 5.41) is 5.39. The molecule has 0 aliphatic rings. The van der Waals surface area contributed by atoms with Crippen LogP contribution in [-0.2, 0) is 41.8 Å². The quantitative estimate of drug-likeness (QED) is 0.117. The van der Waals surface area contributed by atoms with E-state index in [1.807, 2.05) is 48.5 Å². The first kappa shape index (κ1) is 34.7. The molecule has 9 nitrogen and oxygen atoms in total.